The lowest BCUT2D eigenvalue weighted by Crippen LogP contribution is -2.53. The molecule has 0 bridgehead atoms. The number of carbonyl (C=O) groups is 2. The number of carbonyl (C=O) groups excluding carboxylic acids is 2. The van der Waals surface area contributed by atoms with Crippen LogP contribution in [0.2, 0.25) is 0 Å². The Hall–Kier alpha value is -3.56. The van der Waals surface area contributed by atoms with Crippen LogP contribution in [-0.2, 0) is 39.1 Å². The van der Waals surface area contributed by atoms with Crippen LogP contribution in [0.3, 0.4) is 0 Å². The number of hydrogen-bond donors (Lipinski definition) is 1. The van der Waals surface area contributed by atoms with Crippen LogP contribution in [0.1, 0.15) is 30.0 Å². The normalized spacial score (nSPS) is 12.2. The number of hydrogen-bond acceptors (Lipinski definition) is 4. The third-order valence-electron chi connectivity index (χ3n) is 6.07. The highest BCUT2D eigenvalue weighted by Gasteiger charge is 2.32. The summed E-state index contributed by atoms with van der Waals surface area (Å²) in [6, 6.07) is 23.1. The average molecular weight is 540 g/mol. The van der Waals surface area contributed by atoms with E-state index >= 15 is 0 Å². The summed E-state index contributed by atoms with van der Waals surface area (Å²) in [6.45, 7) is 1.95. The van der Waals surface area contributed by atoms with E-state index in [2.05, 4.69) is 5.32 Å². The van der Waals surface area contributed by atoms with E-state index in [-0.39, 0.29) is 25.4 Å². The van der Waals surface area contributed by atoms with Gasteiger partial charge in [0.25, 0.3) is 0 Å². The summed E-state index contributed by atoms with van der Waals surface area (Å²) in [7, 11) is -3.75. The number of benzene rings is 3. The predicted octanol–water partition coefficient (Wildman–Crippen LogP) is 3.75. The molecule has 9 heteroatoms. The Labute approximate surface area is 224 Å². The average Bonchev–Trinajstić information content (AvgIpc) is 2.90. The van der Waals surface area contributed by atoms with Crippen molar-refractivity contribution in [2.24, 2.45) is 0 Å². The summed E-state index contributed by atoms with van der Waals surface area (Å²) in [4.78, 5) is 28.6. The molecule has 0 saturated carbocycles. The first-order valence-corrected chi connectivity index (χ1v) is 14.4. The maximum absolute atomic E-state index is 13.8. The molecule has 0 aromatic heterocycles. The zero-order chi connectivity index (χ0) is 27.5. The summed E-state index contributed by atoms with van der Waals surface area (Å²) in [5, 5.41) is 2.88. The van der Waals surface area contributed by atoms with Gasteiger partial charge in [0.05, 0.1) is 12.8 Å². The van der Waals surface area contributed by atoms with Crippen molar-refractivity contribution in [3.05, 3.63) is 107 Å². The van der Waals surface area contributed by atoms with Gasteiger partial charge in [0, 0.05) is 26.1 Å². The standard InChI is InChI=1S/C29H34FN3O4S/c1-3-18-31-29(35)27(19-23-10-6-4-7-11-23)33(21-25-14-16-26(30)17-15-25)28(34)22-32(38(2,36)37)20-24-12-8-5-9-13-24/h4-17,27H,3,18-22H2,1-2H3,(H,31,35). The largest absolute Gasteiger partial charge is 0.354 e. The van der Waals surface area contributed by atoms with Crippen LogP contribution < -0.4 is 5.32 Å². The Bertz CT molecular complexity index is 1290. The van der Waals surface area contributed by atoms with E-state index in [0.29, 0.717) is 18.5 Å². The molecular weight excluding hydrogens is 505 g/mol. The van der Waals surface area contributed by atoms with Gasteiger partial charge in [-0.25, -0.2) is 12.8 Å². The van der Waals surface area contributed by atoms with Gasteiger partial charge in [-0.15, -0.1) is 0 Å². The van der Waals surface area contributed by atoms with Crippen molar-refractivity contribution in [3.8, 4) is 0 Å². The highest BCUT2D eigenvalue weighted by Crippen LogP contribution is 2.17. The zero-order valence-electron chi connectivity index (χ0n) is 21.7. The number of halogens is 1. The van der Waals surface area contributed by atoms with Gasteiger partial charge in [0.15, 0.2) is 0 Å². The summed E-state index contributed by atoms with van der Waals surface area (Å²) in [5.74, 6) is -1.28. The molecule has 0 aliphatic carbocycles. The van der Waals surface area contributed by atoms with Gasteiger partial charge in [0.1, 0.15) is 11.9 Å². The minimum absolute atomic E-state index is 0.0130. The van der Waals surface area contributed by atoms with Gasteiger partial charge >= 0.3 is 0 Å². The third-order valence-corrected chi connectivity index (χ3v) is 7.27. The van der Waals surface area contributed by atoms with Crippen LogP contribution in [0.25, 0.3) is 0 Å². The molecule has 1 unspecified atom stereocenters. The maximum atomic E-state index is 13.8. The summed E-state index contributed by atoms with van der Waals surface area (Å²) in [6.07, 6.45) is 2.01. The second kappa shape index (κ2) is 13.8. The van der Waals surface area contributed by atoms with Crippen LogP contribution >= 0.6 is 0 Å². The molecule has 0 aliphatic rings. The van der Waals surface area contributed by atoms with Crippen molar-refractivity contribution in [2.45, 2.75) is 38.9 Å². The van der Waals surface area contributed by atoms with Gasteiger partial charge in [-0.3, -0.25) is 9.59 Å². The fraction of sp³-hybridized carbons (Fsp3) is 0.310. The highest BCUT2D eigenvalue weighted by atomic mass is 32.2. The fourth-order valence-electron chi connectivity index (χ4n) is 4.03. The van der Waals surface area contributed by atoms with Gasteiger partial charge in [-0.1, -0.05) is 79.7 Å². The van der Waals surface area contributed by atoms with Crippen molar-refractivity contribution in [2.75, 3.05) is 19.3 Å². The molecule has 0 spiro atoms. The lowest BCUT2D eigenvalue weighted by Gasteiger charge is -2.33. The van der Waals surface area contributed by atoms with Crippen LogP contribution in [-0.4, -0.2) is 54.8 Å². The minimum atomic E-state index is -3.75. The number of sulfonamides is 1. The smallest absolute Gasteiger partial charge is 0.243 e. The molecular formula is C29H34FN3O4S. The molecule has 38 heavy (non-hydrogen) atoms. The van der Waals surface area contributed by atoms with Crippen molar-refractivity contribution < 1.29 is 22.4 Å². The molecule has 0 radical (unpaired) electrons. The van der Waals surface area contributed by atoms with Crippen molar-refractivity contribution in [1.29, 1.82) is 0 Å². The van der Waals surface area contributed by atoms with E-state index in [9.17, 15) is 22.4 Å². The van der Waals surface area contributed by atoms with E-state index in [4.69, 9.17) is 0 Å². The number of rotatable bonds is 13. The van der Waals surface area contributed by atoms with Gasteiger partial charge < -0.3 is 10.2 Å². The number of amides is 2. The molecule has 7 nitrogen and oxygen atoms in total. The fourth-order valence-corrected chi connectivity index (χ4v) is 4.75. The molecule has 0 heterocycles. The minimum Gasteiger partial charge on any atom is -0.354 e. The Morgan fingerprint density at radius 3 is 1.95 bits per heavy atom. The SMILES string of the molecule is CCCNC(=O)C(Cc1ccccc1)N(Cc1ccc(F)cc1)C(=O)CN(Cc1ccccc1)S(C)(=O)=O. The molecule has 1 atom stereocenters. The highest BCUT2D eigenvalue weighted by molar-refractivity contribution is 7.88. The topological polar surface area (TPSA) is 86.8 Å². The lowest BCUT2D eigenvalue weighted by molar-refractivity contribution is -0.141. The Kier molecular flexibility index (Phi) is 10.6. The monoisotopic (exact) mass is 539 g/mol. The Morgan fingerprint density at radius 2 is 1.39 bits per heavy atom. The van der Waals surface area contributed by atoms with Crippen LogP contribution in [0, 0.1) is 5.82 Å². The van der Waals surface area contributed by atoms with Crippen molar-refractivity contribution in [3.63, 3.8) is 0 Å². The molecule has 0 fully saturated rings. The van der Waals surface area contributed by atoms with Crippen LogP contribution in [0.4, 0.5) is 4.39 Å². The molecule has 3 aromatic carbocycles. The maximum Gasteiger partial charge on any atom is 0.243 e. The zero-order valence-corrected chi connectivity index (χ0v) is 22.5. The van der Waals surface area contributed by atoms with E-state index < -0.39 is 34.3 Å². The van der Waals surface area contributed by atoms with E-state index in [1.165, 1.54) is 17.0 Å². The van der Waals surface area contributed by atoms with Gasteiger partial charge in [-0.05, 0) is 35.2 Å². The molecule has 0 saturated heterocycles. The van der Waals surface area contributed by atoms with Crippen LogP contribution in [0.5, 0.6) is 0 Å². The first-order chi connectivity index (χ1) is 18.2. The second-order valence-corrected chi connectivity index (χ2v) is 11.1. The molecule has 202 valence electrons. The summed E-state index contributed by atoms with van der Waals surface area (Å²) >= 11 is 0. The first-order valence-electron chi connectivity index (χ1n) is 12.5. The van der Waals surface area contributed by atoms with Gasteiger partial charge in [-0.2, -0.15) is 4.31 Å². The number of nitrogens with one attached hydrogen (secondary N) is 1. The molecule has 0 aliphatic heterocycles. The predicted molar refractivity (Wildman–Crippen MR) is 146 cm³/mol. The second-order valence-electron chi connectivity index (χ2n) is 9.16. The van der Waals surface area contributed by atoms with E-state index in [1.54, 1.807) is 36.4 Å². The third kappa shape index (κ3) is 8.78. The first kappa shape index (κ1) is 29.0. The lowest BCUT2D eigenvalue weighted by atomic mass is 10.0. The van der Waals surface area contributed by atoms with Crippen LogP contribution in [0.15, 0.2) is 84.9 Å². The molecule has 2 amide bonds. The summed E-state index contributed by atoms with van der Waals surface area (Å²) in [5.41, 5.74) is 2.21. The Balaban J connectivity index is 1.97. The Morgan fingerprint density at radius 1 is 0.842 bits per heavy atom. The van der Waals surface area contributed by atoms with E-state index in [1.807, 2.05) is 43.3 Å². The molecule has 3 aromatic rings. The van der Waals surface area contributed by atoms with E-state index in [0.717, 1.165) is 21.7 Å². The summed E-state index contributed by atoms with van der Waals surface area (Å²) < 4.78 is 40.0. The molecule has 3 rings (SSSR count). The molecule has 1 N–H and O–H groups in total. The number of nitrogens with zero attached hydrogens (tertiary/aromatic N) is 2. The van der Waals surface area contributed by atoms with Gasteiger partial charge in [0.2, 0.25) is 21.8 Å². The quantitative estimate of drug-likeness (QED) is 0.359. The van der Waals surface area contributed by atoms with Crippen molar-refractivity contribution in [1.82, 2.24) is 14.5 Å². The van der Waals surface area contributed by atoms with Crippen molar-refractivity contribution >= 4 is 21.8 Å².